The summed E-state index contributed by atoms with van der Waals surface area (Å²) >= 11 is 6.05. The van der Waals surface area contributed by atoms with E-state index in [9.17, 15) is 18.0 Å². The normalized spacial score (nSPS) is 14.8. The van der Waals surface area contributed by atoms with Gasteiger partial charge in [0.25, 0.3) is 5.91 Å². The van der Waals surface area contributed by atoms with E-state index >= 15 is 0 Å². The molecule has 0 spiro atoms. The number of carbonyl (C=O) groups excluding carboxylic acids is 2. The molecule has 166 valence electrons. The average Bonchev–Trinajstić information content (AvgIpc) is 2.76. The second kappa shape index (κ2) is 9.78. The lowest BCUT2D eigenvalue weighted by Gasteiger charge is -2.26. The zero-order valence-corrected chi connectivity index (χ0v) is 18.8. The van der Waals surface area contributed by atoms with Crippen LogP contribution < -0.4 is 5.32 Å². The molecule has 3 rings (SSSR count). The van der Waals surface area contributed by atoms with Crippen molar-refractivity contribution in [2.75, 3.05) is 38.2 Å². The number of halogens is 1. The third-order valence-corrected chi connectivity index (χ3v) is 7.13. The van der Waals surface area contributed by atoms with E-state index in [2.05, 4.69) is 5.32 Å². The number of nitrogens with one attached hydrogen (secondary N) is 1. The Hall–Kier alpha value is -2.46. The highest BCUT2D eigenvalue weighted by atomic mass is 35.5. The fourth-order valence-corrected chi connectivity index (χ4v) is 4.97. The molecule has 0 saturated carbocycles. The molecule has 0 radical (unpaired) electrons. The molecule has 31 heavy (non-hydrogen) atoms. The summed E-state index contributed by atoms with van der Waals surface area (Å²) in [7, 11) is -3.76. The number of anilines is 1. The predicted octanol–water partition coefficient (Wildman–Crippen LogP) is 3.10. The van der Waals surface area contributed by atoms with E-state index in [0.29, 0.717) is 24.5 Å². The van der Waals surface area contributed by atoms with Crippen molar-refractivity contribution in [3.05, 3.63) is 58.1 Å². The molecule has 0 unspecified atom stereocenters. The van der Waals surface area contributed by atoms with E-state index in [4.69, 9.17) is 21.1 Å². The summed E-state index contributed by atoms with van der Waals surface area (Å²) in [4.78, 5) is 24.9. The molecule has 1 N–H and O–H groups in total. The molecule has 10 heteroatoms. The predicted molar refractivity (Wildman–Crippen MR) is 116 cm³/mol. The van der Waals surface area contributed by atoms with Crippen LogP contribution in [0.4, 0.5) is 5.69 Å². The first-order valence-electron chi connectivity index (χ1n) is 9.70. The Morgan fingerprint density at radius 1 is 1.16 bits per heavy atom. The minimum absolute atomic E-state index is 0.0744. The van der Waals surface area contributed by atoms with E-state index in [1.54, 1.807) is 32.0 Å². The molecular formula is C21H23ClN2O6S. The summed E-state index contributed by atoms with van der Waals surface area (Å²) in [6.07, 6.45) is 0. The summed E-state index contributed by atoms with van der Waals surface area (Å²) in [5.74, 6) is -1.12. The molecule has 1 aliphatic rings. The lowest BCUT2D eigenvalue weighted by Crippen LogP contribution is -2.40. The topological polar surface area (TPSA) is 102 Å². The minimum atomic E-state index is -3.76. The van der Waals surface area contributed by atoms with Crippen LogP contribution in [-0.4, -0.2) is 57.5 Å². The molecule has 0 aliphatic carbocycles. The maximum absolute atomic E-state index is 13.0. The van der Waals surface area contributed by atoms with E-state index in [0.717, 1.165) is 0 Å². The highest BCUT2D eigenvalue weighted by Crippen LogP contribution is 2.25. The van der Waals surface area contributed by atoms with E-state index in [1.807, 2.05) is 0 Å². The van der Waals surface area contributed by atoms with Crippen molar-refractivity contribution in [2.45, 2.75) is 18.7 Å². The number of amides is 1. The second-order valence-corrected chi connectivity index (χ2v) is 9.18. The van der Waals surface area contributed by atoms with Gasteiger partial charge in [0.2, 0.25) is 10.0 Å². The molecule has 1 saturated heterocycles. The Balaban J connectivity index is 1.86. The Morgan fingerprint density at radius 2 is 1.87 bits per heavy atom. The number of morpholine rings is 1. The van der Waals surface area contributed by atoms with Crippen LogP contribution in [0.2, 0.25) is 5.02 Å². The molecule has 1 amide bonds. The lowest BCUT2D eigenvalue weighted by atomic mass is 10.1. The van der Waals surface area contributed by atoms with Gasteiger partial charge in [-0.15, -0.1) is 0 Å². The van der Waals surface area contributed by atoms with Crippen molar-refractivity contribution in [1.29, 1.82) is 0 Å². The molecule has 8 nitrogen and oxygen atoms in total. The van der Waals surface area contributed by atoms with Crippen LogP contribution in [0.3, 0.4) is 0 Å². The van der Waals surface area contributed by atoms with Crippen molar-refractivity contribution < 1.29 is 27.5 Å². The van der Waals surface area contributed by atoms with Gasteiger partial charge in [0.1, 0.15) is 0 Å². The zero-order valence-electron chi connectivity index (χ0n) is 17.2. The number of carbonyl (C=O) groups is 2. The Labute approximate surface area is 186 Å². The monoisotopic (exact) mass is 466 g/mol. The first kappa shape index (κ1) is 23.2. The SMILES string of the molecule is CCOC(=O)c1cc(NC(=O)c2ccc(C)c(S(=O)(=O)N3CCOCC3)c2)ccc1Cl. The summed E-state index contributed by atoms with van der Waals surface area (Å²) in [6.45, 7) is 4.74. The number of nitrogens with zero attached hydrogens (tertiary/aromatic N) is 1. The van der Waals surface area contributed by atoms with Crippen molar-refractivity contribution in [3.8, 4) is 0 Å². The Morgan fingerprint density at radius 3 is 2.55 bits per heavy atom. The summed E-state index contributed by atoms with van der Waals surface area (Å²) < 4.78 is 37.6. The summed E-state index contributed by atoms with van der Waals surface area (Å²) in [5.41, 5.74) is 1.17. The average molecular weight is 467 g/mol. The van der Waals surface area contributed by atoms with Gasteiger partial charge in [-0.25, -0.2) is 13.2 Å². The van der Waals surface area contributed by atoms with Gasteiger partial charge in [0, 0.05) is 24.3 Å². The Bertz CT molecular complexity index is 1100. The first-order valence-corrected chi connectivity index (χ1v) is 11.5. The molecule has 0 atom stereocenters. The van der Waals surface area contributed by atoms with Crippen LogP contribution in [0.5, 0.6) is 0 Å². The molecule has 2 aromatic carbocycles. The standard InChI is InChI=1S/C21H23ClN2O6S/c1-3-30-21(26)17-13-16(6-7-18(17)22)23-20(25)15-5-4-14(2)19(12-15)31(27,28)24-8-10-29-11-9-24/h4-7,12-13H,3,8-11H2,1-2H3,(H,23,25). The molecule has 1 fully saturated rings. The number of hydrogen-bond acceptors (Lipinski definition) is 6. The van der Waals surface area contributed by atoms with Crippen LogP contribution in [0, 0.1) is 6.92 Å². The molecule has 1 aliphatic heterocycles. The number of rotatable bonds is 6. The third-order valence-electron chi connectivity index (χ3n) is 4.76. The summed E-state index contributed by atoms with van der Waals surface area (Å²) in [5, 5.41) is 2.87. The van der Waals surface area contributed by atoms with Gasteiger partial charge in [-0.3, -0.25) is 4.79 Å². The van der Waals surface area contributed by atoms with E-state index in [-0.39, 0.29) is 40.7 Å². The van der Waals surface area contributed by atoms with Crippen LogP contribution >= 0.6 is 11.6 Å². The van der Waals surface area contributed by atoms with Gasteiger partial charge in [-0.05, 0) is 49.7 Å². The molecule has 0 bridgehead atoms. The van der Waals surface area contributed by atoms with Gasteiger partial charge in [0.15, 0.2) is 0 Å². The molecular weight excluding hydrogens is 444 g/mol. The second-order valence-electron chi connectivity index (χ2n) is 6.87. The maximum atomic E-state index is 13.0. The largest absolute Gasteiger partial charge is 0.462 e. The van der Waals surface area contributed by atoms with E-state index < -0.39 is 21.9 Å². The lowest BCUT2D eigenvalue weighted by molar-refractivity contribution is 0.0526. The number of sulfonamides is 1. The fraction of sp³-hybridized carbons (Fsp3) is 0.333. The quantitative estimate of drug-likeness (QED) is 0.656. The van der Waals surface area contributed by atoms with Crippen molar-refractivity contribution in [3.63, 3.8) is 0 Å². The van der Waals surface area contributed by atoms with Gasteiger partial charge in [-0.1, -0.05) is 17.7 Å². The number of benzene rings is 2. The fourth-order valence-electron chi connectivity index (χ4n) is 3.12. The maximum Gasteiger partial charge on any atom is 0.339 e. The number of ether oxygens (including phenoxy) is 2. The van der Waals surface area contributed by atoms with Crippen molar-refractivity contribution in [1.82, 2.24) is 4.31 Å². The molecule has 0 aromatic heterocycles. The van der Waals surface area contributed by atoms with E-state index in [1.165, 1.54) is 22.5 Å². The van der Waals surface area contributed by atoms with Crippen molar-refractivity contribution in [2.24, 2.45) is 0 Å². The zero-order chi connectivity index (χ0) is 22.6. The summed E-state index contributed by atoms with van der Waals surface area (Å²) in [6, 6.07) is 8.93. The smallest absolute Gasteiger partial charge is 0.339 e. The van der Waals surface area contributed by atoms with Crippen molar-refractivity contribution >= 4 is 39.2 Å². The van der Waals surface area contributed by atoms with Gasteiger partial charge < -0.3 is 14.8 Å². The van der Waals surface area contributed by atoms with Crippen LogP contribution in [0.1, 0.15) is 33.2 Å². The number of esters is 1. The first-order chi connectivity index (χ1) is 14.7. The highest BCUT2D eigenvalue weighted by Gasteiger charge is 2.28. The number of aryl methyl sites for hydroxylation is 1. The molecule has 2 aromatic rings. The minimum Gasteiger partial charge on any atom is -0.462 e. The number of hydrogen-bond donors (Lipinski definition) is 1. The molecule has 1 heterocycles. The van der Waals surface area contributed by atoms with Gasteiger partial charge in [0.05, 0.1) is 35.3 Å². The van der Waals surface area contributed by atoms with Gasteiger partial charge in [-0.2, -0.15) is 4.31 Å². The van der Waals surface area contributed by atoms with Gasteiger partial charge >= 0.3 is 5.97 Å². The highest BCUT2D eigenvalue weighted by molar-refractivity contribution is 7.89. The van der Waals surface area contributed by atoms with Crippen LogP contribution in [0.15, 0.2) is 41.3 Å². The van der Waals surface area contributed by atoms with Crippen LogP contribution in [0.25, 0.3) is 0 Å². The van der Waals surface area contributed by atoms with Crippen LogP contribution in [-0.2, 0) is 19.5 Å². The third kappa shape index (κ3) is 5.24. The Kier molecular flexibility index (Phi) is 7.32.